The predicted octanol–water partition coefficient (Wildman–Crippen LogP) is 3.23. The number of hydrogen-bond acceptors (Lipinski definition) is 4. The molecule has 0 aliphatic carbocycles. The van der Waals surface area contributed by atoms with Crippen molar-refractivity contribution in [2.24, 2.45) is 11.3 Å². The summed E-state index contributed by atoms with van der Waals surface area (Å²) in [6, 6.07) is 7.15. The molecule has 0 radical (unpaired) electrons. The first-order valence-corrected chi connectivity index (χ1v) is 7.40. The third kappa shape index (κ3) is 5.37. The van der Waals surface area contributed by atoms with Gasteiger partial charge in [0.2, 0.25) is 0 Å². The number of esters is 1. The molecule has 1 aromatic carbocycles. The molecule has 0 aliphatic heterocycles. The van der Waals surface area contributed by atoms with E-state index in [4.69, 9.17) is 9.63 Å². The topological polar surface area (TPSA) is 72.8 Å². The maximum Gasteiger partial charge on any atom is 0.694 e. The van der Waals surface area contributed by atoms with Crippen LogP contribution in [0.5, 0.6) is 5.75 Å². The van der Waals surface area contributed by atoms with Crippen molar-refractivity contribution in [3.63, 3.8) is 0 Å². The van der Waals surface area contributed by atoms with Crippen molar-refractivity contribution in [2.75, 3.05) is 6.61 Å². The standard InChI is InChI=1S/C14H19O5P/c1-10-6-5-7-11(8-10)19-13(15)12(14(2,3)4)9-18-20(16)17/h5-8,12H,9H2,1-4H3/p+1. The van der Waals surface area contributed by atoms with Crippen LogP contribution in [-0.2, 0) is 13.9 Å². The largest absolute Gasteiger partial charge is 0.694 e. The van der Waals surface area contributed by atoms with Gasteiger partial charge in [-0.05, 0) is 30.0 Å². The van der Waals surface area contributed by atoms with Gasteiger partial charge in [0.05, 0.1) is 5.92 Å². The molecule has 0 aliphatic rings. The van der Waals surface area contributed by atoms with Crippen LogP contribution in [0.25, 0.3) is 0 Å². The lowest BCUT2D eigenvalue weighted by atomic mass is 9.81. The van der Waals surface area contributed by atoms with Gasteiger partial charge >= 0.3 is 14.2 Å². The average molecular weight is 299 g/mol. The zero-order chi connectivity index (χ0) is 15.3. The number of benzene rings is 1. The molecule has 0 heterocycles. The van der Waals surface area contributed by atoms with Crippen LogP contribution in [0.3, 0.4) is 0 Å². The molecular weight excluding hydrogens is 279 g/mol. The van der Waals surface area contributed by atoms with Crippen molar-refractivity contribution >= 4 is 14.2 Å². The Hall–Kier alpha value is -1.29. The summed E-state index contributed by atoms with van der Waals surface area (Å²) in [6.45, 7) is 7.30. The Labute approximate surface area is 119 Å². The Morgan fingerprint density at radius 3 is 2.55 bits per heavy atom. The number of aryl methyl sites for hydroxylation is 1. The second-order valence-electron chi connectivity index (χ2n) is 5.69. The predicted molar refractivity (Wildman–Crippen MR) is 75.5 cm³/mol. The summed E-state index contributed by atoms with van der Waals surface area (Å²) in [6.07, 6.45) is 0. The van der Waals surface area contributed by atoms with Crippen molar-refractivity contribution in [1.29, 1.82) is 0 Å². The summed E-state index contributed by atoms with van der Waals surface area (Å²) >= 11 is 0. The van der Waals surface area contributed by atoms with Crippen molar-refractivity contribution in [3.8, 4) is 5.75 Å². The first-order chi connectivity index (χ1) is 9.20. The second kappa shape index (κ2) is 6.93. The fourth-order valence-electron chi connectivity index (χ4n) is 1.68. The molecule has 5 nitrogen and oxygen atoms in total. The van der Waals surface area contributed by atoms with Crippen LogP contribution < -0.4 is 4.74 Å². The first-order valence-electron chi connectivity index (χ1n) is 6.27. The van der Waals surface area contributed by atoms with Crippen molar-refractivity contribution < 1.29 is 23.5 Å². The number of carbonyl (C=O) groups excluding carboxylic acids is 1. The highest BCUT2D eigenvalue weighted by Crippen LogP contribution is 2.30. The number of carbonyl (C=O) groups is 1. The molecule has 0 amide bonds. The van der Waals surface area contributed by atoms with E-state index in [1.54, 1.807) is 18.2 Å². The SMILES string of the molecule is Cc1cccc(OC(=O)C(CO[P+](=O)O)C(C)(C)C)c1. The molecule has 6 heteroatoms. The molecule has 0 aromatic heterocycles. The molecule has 0 saturated heterocycles. The summed E-state index contributed by atoms with van der Waals surface area (Å²) in [5.74, 6) is -0.647. The molecule has 110 valence electrons. The van der Waals surface area contributed by atoms with Crippen molar-refractivity contribution in [1.82, 2.24) is 0 Å². The monoisotopic (exact) mass is 299 g/mol. The fourth-order valence-corrected chi connectivity index (χ4v) is 1.95. The summed E-state index contributed by atoms with van der Waals surface area (Å²) in [7, 11) is -2.73. The minimum atomic E-state index is -2.73. The molecule has 0 bridgehead atoms. The average Bonchev–Trinajstić information content (AvgIpc) is 2.26. The lowest BCUT2D eigenvalue weighted by Gasteiger charge is -2.26. The molecule has 1 rings (SSSR count). The molecule has 0 saturated carbocycles. The molecule has 2 unspecified atom stereocenters. The van der Waals surface area contributed by atoms with E-state index in [0.717, 1.165) is 5.56 Å². The van der Waals surface area contributed by atoms with E-state index in [0.29, 0.717) is 5.75 Å². The quantitative estimate of drug-likeness (QED) is 0.513. The van der Waals surface area contributed by atoms with Gasteiger partial charge in [0, 0.05) is 4.57 Å². The molecule has 1 aromatic rings. The van der Waals surface area contributed by atoms with E-state index < -0.39 is 25.6 Å². The van der Waals surface area contributed by atoms with Gasteiger partial charge in [-0.2, -0.15) is 0 Å². The van der Waals surface area contributed by atoms with E-state index in [9.17, 15) is 9.36 Å². The van der Waals surface area contributed by atoms with E-state index in [-0.39, 0.29) is 6.61 Å². The van der Waals surface area contributed by atoms with Crippen LogP contribution in [0, 0.1) is 18.3 Å². The van der Waals surface area contributed by atoms with Gasteiger partial charge in [-0.3, -0.25) is 4.79 Å². The van der Waals surface area contributed by atoms with E-state index >= 15 is 0 Å². The maximum atomic E-state index is 12.2. The maximum absolute atomic E-state index is 12.2. The van der Waals surface area contributed by atoms with Crippen LogP contribution in [0.4, 0.5) is 0 Å². The van der Waals surface area contributed by atoms with Gasteiger partial charge < -0.3 is 4.74 Å². The molecule has 0 fully saturated rings. The van der Waals surface area contributed by atoms with Crippen LogP contribution in [0.2, 0.25) is 0 Å². The van der Waals surface area contributed by atoms with Gasteiger partial charge in [-0.15, -0.1) is 9.42 Å². The van der Waals surface area contributed by atoms with Gasteiger partial charge in [0.1, 0.15) is 12.4 Å². The third-order valence-electron chi connectivity index (χ3n) is 2.89. The first kappa shape index (κ1) is 16.8. The van der Waals surface area contributed by atoms with E-state index in [2.05, 4.69) is 4.52 Å². The minimum absolute atomic E-state index is 0.153. The highest BCUT2D eigenvalue weighted by Gasteiger charge is 2.36. The van der Waals surface area contributed by atoms with Gasteiger partial charge in [-0.1, -0.05) is 32.9 Å². The van der Waals surface area contributed by atoms with Gasteiger partial charge in [0.25, 0.3) is 0 Å². The Morgan fingerprint density at radius 2 is 2.05 bits per heavy atom. The molecule has 1 N–H and O–H groups in total. The lowest BCUT2D eigenvalue weighted by Crippen LogP contribution is -2.35. The number of hydrogen-bond donors (Lipinski definition) is 1. The van der Waals surface area contributed by atoms with Crippen LogP contribution in [0.1, 0.15) is 26.3 Å². The Balaban J connectivity index is 2.80. The fraction of sp³-hybridized carbons (Fsp3) is 0.500. The highest BCUT2D eigenvalue weighted by atomic mass is 31.1. The zero-order valence-electron chi connectivity index (χ0n) is 12.1. The zero-order valence-corrected chi connectivity index (χ0v) is 13.0. The lowest BCUT2D eigenvalue weighted by molar-refractivity contribution is -0.144. The molecule has 20 heavy (non-hydrogen) atoms. The Bertz CT molecular complexity index is 493. The van der Waals surface area contributed by atoms with E-state index in [1.165, 1.54) is 0 Å². The minimum Gasteiger partial charge on any atom is -0.426 e. The Kier molecular flexibility index (Phi) is 5.81. The van der Waals surface area contributed by atoms with Crippen LogP contribution >= 0.6 is 8.25 Å². The molecular formula is C14H20O5P+. The number of rotatable bonds is 5. The molecule has 0 spiro atoms. The summed E-state index contributed by atoms with van der Waals surface area (Å²) in [5, 5.41) is 0. The third-order valence-corrected chi connectivity index (χ3v) is 3.26. The van der Waals surface area contributed by atoms with Crippen LogP contribution in [0.15, 0.2) is 24.3 Å². The smallest absolute Gasteiger partial charge is 0.426 e. The van der Waals surface area contributed by atoms with E-state index in [1.807, 2.05) is 33.8 Å². The van der Waals surface area contributed by atoms with Crippen molar-refractivity contribution in [2.45, 2.75) is 27.7 Å². The molecule has 2 atom stereocenters. The highest BCUT2D eigenvalue weighted by molar-refractivity contribution is 7.32. The second-order valence-corrected chi connectivity index (χ2v) is 6.42. The van der Waals surface area contributed by atoms with Crippen molar-refractivity contribution in [3.05, 3.63) is 29.8 Å². The normalized spacial score (nSPS) is 13.8. The van der Waals surface area contributed by atoms with Gasteiger partial charge in [-0.25, -0.2) is 0 Å². The summed E-state index contributed by atoms with van der Waals surface area (Å²) in [4.78, 5) is 20.9. The van der Waals surface area contributed by atoms with Gasteiger partial charge in [0.15, 0.2) is 0 Å². The summed E-state index contributed by atoms with van der Waals surface area (Å²) in [5.41, 5.74) is 0.545. The summed E-state index contributed by atoms with van der Waals surface area (Å²) < 4.78 is 20.6. The Morgan fingerprint density at radius 1 is 1.40 bits per heavy atom. The van der Waals surface area contributed by atoms with Crippen LogP contribution in [-0.4, -0.2) is 17.5 Å². The number of ether oxygens (including phenoxy) is 1.